The predicted molar refractivity (Wildman–Crippen MR) is 61.7 cm³/mol. The molecule has 1 aromatic heterocycles. The largest absolute Gasteiger partial charge is 0.250 e. The Morgan fingerprint density at radius 1 is 1.53 bits per heavy atom. The van der Waals surface area contributed by atoms with Gasteiger partial charge in [0.25, 0.3) is 0 Å². The molecule has 0 aliphatic heterocycles. The van der Waals surface area contributed by atoms with Gasteiger partial charge in [0.05, 0.1) is 22.7 Å². The van der Waals surface area contributed by atoms with Crippen LogP contribution in [0.3, 0.4) is 0 Å². The molecule has 1 aromatic rings. The first-order valence-electron chi connectivity index (χ1n) is 5.56. The lowest BCUT2D eigenvalue weighted by atomic mass is 9.83. The second-order valence-corrected chi connectivity index (χ2v) is 5.40. The van der Waals surface area contributed by atoms with Gasteiger partial charge >= 0.3 is 0 Å². The molecule has 0 bridgehead atoms. The number of hydrogen-bond acceptors (Lipinski definition) is 3. The first-order chi connectivity index (χ1) is 7.26. The van der Waals surface area contributed by atoms with Crippen LogP contribution in [0.1, 0.15) is 42.7 Å². The fourth-order valence-corrected chi connectivity index (χ4v) is 3.17. The standard InChI is InChI=1S/C12H16N2S/c1-10-11(15-9-14-10)4-7-12(8-13)5-2-3-6-12/h9H,2-7H2,1H3. The average molecular weight is 220 g/mol. The van der Waals surface area contributed by atoms with E-state index in [-0.39, 0.29) is 5.41 Å². The second-order valence-electron chi connectivity index (χ2n) is 4.46. The molecule has 0 unspecified atom stereocenters. The summed E-state index contributed by atoms with van der Waals surface area (Å²) >= 11 is 1.72. The van der Waals surface area contributed by atoms with Crippen molar-refractivity contribution in [3.05, 3.63) is 16.1 Å². The lowest BCUT2D eigenvalue weighted by Crippen LogP contribution is -2.14. The van der Waals surface area contributed by atoms with Gasteiger partial charge in [0, 0.05) is 4.88 Å². The topological polar surface area (TPSA) is 36.7 Å². The number of hydrogen-bond donors (Lipinski definition) is 0. The van der Waals surface area contributed by atoms with Crippen LogP contribution in [0.15, 0.2) is 5.51 Å². The minimum Gasteiger partial charge on any atom is -0.250 e. The third-order valence-electron chi connectivity index (χ3n) is 3.47. The molecule has 3 heteroatoms. The highest BCUT2D eigenvalue weighted by molar-refractivity contribution is 7.09. The second kappa shape index (κ2) is 4.32. The smallest absolute Gasteiger partial charge is 0.0797 e. The van der Waals surface area contributed by atoms with Crippen molar-refractivity contribution in [2.45, 2.75) is 45.4 Å². The zero-order valence-electron chi connectivity index (χ0n) is 9.12. The first-order valence-corrected chi connectivity index (χ1v) is 6.44. The summed E-state index contributed by atoms with van der Waals surface area (Å²) in [7, 11) is 0. The monoisotopic (exact) mass is 220 g/mol. The molecule has 0 saturated heterocycles. The maximum absolute atomic E-state index is 9.25. The van der Waals surface area contributed by atoms with Crippen LogP contribution in [0, 0.1) is 23.7 Å². The van der Waals surface area contributed by atoms with Crippen molar-refractivity contribution in [1.82, 2.24) is 4.98 Å². The molecule has 1 saturated carbocycles. The van der Waals surface area contributed by atoms with Crippen LogP contribution < -0.4 is 0 Å². The molecule has 1 fully saturated rings. The third kappa shape index (κ3) is 2.21. The molecule has 80 valence electrons. The lowest BCUT2D eigenvalue weighted by molar-refractivity contribution is 0.378. The van der Waals surface area contributed by atoms with E-state index in [4.69, 9.17) is 0 Å². The molecule has 0 aromatic carbocycles. The van der Waals surface area contributed by atoms with Crippen molar-refractivity contribution in [2.24, 2.45) is 5.41 Å². The zero-order valence-corrected chi connectivity index (χ0v) is 9.94. The Morgan fingerprint density at radius 3 is 2.80 bits per heavy atom. The number of aryl methyl sites for hydroxylation is 2. The zero-order chi connectivity index (χ0) is 10.7. The molecule has 1 aliphatic carbocycles. The van der Waals surface area contributed by atoms with E-state index in [0.29, 0.717) is 0 Å². The van der Waals surface area contributed by atoms with E-state index in [2.05, 4.69) is 18.0 Å². The Balaban J connectivity index is 1.98. The number of nitriles is 1. The van der Waals surface area contributed by atoms with Crippen molar-refractivity contribution >= 4 is 11.3 Å². The third-order valence-corrected chi connectivity index (χ3v) is 4.47. The number of rotatable bonds is 3. The summed E-state index contributed by atoms with van der Waals surface area (Å²) in [5, 5.41) is 9.25. The van der Waals surface area contributed by atoms with Gasteiger partial charge in [-0.3, -0.25) is 0 Å². The van der Waals surface area contributed by atoms with Crippen LogP contribution in [0.2, 0.25) is 0 Å². The van der Waals surface area contributed by atoms with Crippen molar-refractivity contribution in [3.63, 3.8) is 0 Å². The summed E-state index contributed by atoms with van der Waals surface area (Å²) < 4.78 is 0. The van der Waals surface area contributed by atoms with E-state index in [1.54, 1.807) is 11.3 Å². The number of thiazole rings is 1. The molecule has 2 rings (SSSR count). The van der Waals surface area contributed by atoms with E-state index in [1.165, 1.54) is 17.7 Å². The highest BCUT2D eigenvalue weighted by Gasteiger charge is 2.33. The van der Waals surface area contributed by atoms with Gasteiger partial charge in [0.15, 0.2) is 0 Å². The molecule has 0 amide bonds. The Hall–Kier alpha value is -0.880. The maximum Gasteiger partial charge on any atom is 0.0797 e. The fourth-order valence-electron chi connectivity index (χ4n) is 2.39. The van der Waals surface area contributed by atoms with E-state index in [9.17, 15) is 5.26 Å². The van der Waals surface area contributed by atoms with Gasteiger partial charge in [0.2, 0.25) is 0 Å². The van der Waals surface area contributed by atoms with Crippen molar-refractivity contribution in [1.29, 1.82) is 5.26 Å². The summed E-state index contributed by atoms with van der Waals surface area (Å²) in [6, 6.07) is 2.54. The summed E-state index contributed by atoms with van der Waals surface area (Å²) in [4.78, 5) is 5.60. The summed E-state index contributed by atoms with van der Waals surface area (Å²) in [5.74, 6) is 0. The van der Waals surface area contributed by atoms with Gasteiger partial charge in [-0.15, -0.1) is 11.3 Å². The van der Waals surface area contributed by atoms with E-state index < -0.39 is 0 Å². The van der Waals surface area contributed by atoms with Crippen LogP contribution in [0.4, 0.5) is 0 Å². The van der Waals surface area contributed by atoms with Crippen LogP contribution in [0.25, 0.3) is 0 Å². The van der Waals surface area contributed by atoms with Gasteiger partial charge in [-0.2, -0.15) is 5.26 Å². The van der Waals surface area contributed by atoms with E-state index in [0.717, 1.165) is 31.4 Å². The molecule has 0 spiro atoms. The van der Waals surface area contributed by atoms with Gasteiger partial charge in [-0.1, -0.05) is 12.8 Å². The molecule has 0 atom stereocenters. The maximum atomic E-state index is 9.25. The SMILES string of the molecule is Cc1ncsc1CCC1(C#N)CCCC1. The minimum absolute atomic E-state index is 0.0174. The highest BCUT2D eigenvalue weighted by Crippen LogP contribution is 2.41. The molecule has 0 radical (unpaired) electrons. The summed E-state index contributed by atoms with van der Waals surface area (Å²) in [6.07, 6.45) is 6.71. The Kier molecular flexibility index (Phi) is 3.06. The molecular formula is C12H16N2S. The molecule has 0 N–H and O–H groups in total. The summed E-state index contributed by atoms with van der Waals surface area (Å²) in [5.41, 5.74) is 3.03. The molecular weight excluding hydrogens is 204 g/mol. The number of nitrogens with zero attached hydrogens (tertiary/aromatic N) is 2. The van der Waals surface area contributed by atoms with Gasteiger partial charge < -0.3 is 0 Å². The van der Waals surface area contributed by atoms with Crippen LogP contribution in [-0.2, 0) is 6.42 Å². The van der Waals surface area contributed by atoms with Gasteiger partial charge in [-0.25, -0.2) is 4.98 Å². The van der Waals surface area contributed by atoms with Crippen LogP contribution in [-0.4, -0.2) is 4.98 Å². The fraction of sp³-hybridized carbons (Fsp3) is 0.667. The highest BCUT2D eigenvalue weighted by atomic mass is 32.1. The first kappa shape index (κ1) is 10.6. The van der Waals surface area contributed by atoms with Crippen LogP contribution >= 0.6 is 11.3 Å². The van der Waals surface area contributed by atoms with Crippen molar-refractivity contribution in [3.8, 4) is 6.07 Å². The van der Waals surface area contributed by atoms with Crippen molar-refractivity contribution < 1.29 is 0 Å². The summed E-state index contributed by atoms with van der Waals surface area (Å²) in [6.45, 7) is 2.06. The molecule has 15 heavy (non-hydrogen) atoms. The number of aromatic nitrogens is 1. The van der Waals surface area contributed by atoms with Gasteiger partial charge in [0.1, 0.15) is 0 Å². The average Bonchev–Trinajstić information content (AvgIpc) is 2.85. The Labute approximate surface area is 95.0 Å². The minimum atomic E-state index is -0.0174. The van der Waals surface area contributed by atoms with Crippen LogP contribution in [0.5, 0.6) is 0 Å². The quantitative estimate of drug-likeness (QED) is 0.782. The van der Waals surface area contributed by atoms with E-state index >= 15 is 0 Å². The predicted octanol–water partition coefficient (Wildman–Crippen LogP) is 3.47. The Bertz CT molecular complexity index is 369. The van der Waals surface area contributed by atoms with E-state index in [1.807, 2.05) is 5.51 Å². The molecule has 1 aliphatic rings. The lowest BCUT2D eigenvalue weighted by Gasteiger charge is -2.19. The van der Waals surface area contributed by atoms with Gasteiger partial charge in [-0.05, 0) is 32.6 Å². The Morgan fingerprint density at radius 2 is 2.27 bits per heavy atom. The van der Waals surface area contributed by atoms with Crippen molar-refractivity contribution in [2.75, 3.05) is 0 Å². The molecule has 2 nitrogen and oxygen atoms in total. The normalized spacial score (nSPS) is 18.9. The molecule has 1 heterocycles.